The molecule has 2 aromatic carbocycles. The third-order valence-corrected chi connectivity index (χ3v) is 4.19. The van der Waals surface area contributed by atoms with Crippen molar-refractivity contribution in [2.45, 2.75) is 31.9 Å². The van der Waals surface area contributed by atoms with E-state index in [1.807, 2.05) is 24.3 Å². The molecule has 2 aromatic rings. The molecule has 0 saturated heterocycles. The molecule has 0 aliphatic heterocycles. The lowest BCUT2D eigenvalue weighted by Gasteiger charge is -2.18. The summed E-state index contributed by atoms with van der Waals surface area (Å²) in [5.41, 5.74) is 2.66. The monoisotopic (exact) mass is 347 g/mol. The topological polar surface area (TPSA) is 69.6 Å². The number of nitrogens with one attached hydrogen (secondary N) is 1. The molecule has 0 saturated carbocycles. The van der Waals surface area contributed by atoms with Crippen LogP contribution in [0.15, 0.2) is 48.5 Å². The highest BCUT2D eigenvalue weighted by Crippen LogP contribution is 2.20. The van der Waals surface area contributed by atoms with Crippen LogP contribution < -0.4 is 5.32 Å². The molecule has 1 amide bonds. The quantitative estimate of drug-likeness (QED) is 0.720. The summed E-state index contributed by atoms with van der Waals surface area (Å²) in [5, 5.41) is 23.0. The molecule has 128 valence electrons. The average molecular weight is 348 g/mol. The zero-order chi connectivity index (χ0) is 17.5. The predicted molar refractivity (Wildman–Crippen MR) is 94.8 cm³/mol. The number of hydrogen-bond acceptors (Lipinski definition) is 3. The first-order valence-corrected chi connectivity index (χ1v) is 8.33. The number of carbonyl (C=O) groups is 1. The van der Waals surface area contributed by atoms with E-state index < -0.39 is 12.1 Å². The van der Waals surface area contributed by atoms with Gasteiger partial charge in [-0.15, -0.1) is 0 Å². The van der Waals surface area contributed by atoms with Gasteiger partial charge in [0.1, 0.15) is 0 Å². The van der Waals surface area contributed by atoms with E-state index in [-0.39, 0.29) is 18.9 Å². The number of hydrogen-bond donors (Lipinski definition) is 3. The molecule has 0 radical (unpaired) electrons. The van der Waals surface area contributed by atoms with Crippen LogP contribution in [0, 0.1) is 0 Å². The molecule has 5 heteroatoms. The Kier molecular flexibility index (Phi) is 6.79. The molecule has 0 aliphatic carbocycles. The Bertz CT molecular complexity index is 655. The summed E-state index contributed by atoms with van der Waals surface area (Å²) in [6, 6.07) is 14.0. The second-order valence-corrected chi connectivity index (χ2v) is 6.11. The zero-order valence-corrected chi connectivity index (χ0v) is 14.3. The molecular weight excluding hydrogens is 326 g/mol. The Morgan fingerprint density at radius 1 is 1.08 bits per heavy atom. The fourth-order valence-electron chi connectivity index (χ4n) is 2.45. The Morgan fingerprint density at radius 3 is 2.21 bits per heavy atom. The summed E-state index contributed by atoms with van der Waals surface area (Å²) in [6.45, 7) is 1.87. The maximum absolute atomic E-state index is 12.2. The fraction of sp³-hybridized carbons (Fsp3) is 0.316. The molecule has 0 fully saturated rings. The minimum Gasteiger partial charge on any atom is -0.394 e. The maximum Gasteiger partial charge on any atom is 0.223 e. The Labute approximate surface area is 147 Å². The highest BCUT2D eigenvalue weighted by Gasteiger charge is 2.17. The zero-order valence-electron chi connectivity index (χ0n) is 13.6. The van der Waals surface area contributed by atoms with Crippen molar-refractivity contribution < 1.29 is 15.0 Å². The van der Waals surface area contributed by atoms with Crippen molar-refractivity contribution in [3.8, 4) is 0 Å². The summed E-state index contributed by atoms with van der Waals surface area (Å²) >= 11 is 5.81. The van der Waals surface area contributed by atoms with Crippen LogP contribution in [-0.2, 0) is 11.2 Å². The van der Waals surface area contributed by atoms with Gasteiger partial charge in [-0.1, -0.05) is 54.9 Å². The SMILES string of the molecule is CCc1ccc(C(CO)NC(=O)CC(O)c2ccc(Cl)cc2)cc1. The van der Waals surface area contributed by atoms with E-state index in [4.69, 9.17) is 11.6 Å². The van der Waals surface area contributed by atoms with E-state index in [2.05, 4.69) is 12.2 Å². The van der Waals surface area contributed by atoms with Crippen LogP contribution >= 0.6 is 11.6 Å². The molecule has 0 aliphatic rings. The Balaban J connectivity index is 1.96. The van der Waals surface area contributed by atoms with Gasteiger partial charge in [0, 0.05) is 5.02 Å². The molecule has 24 heavy (non-hydrogen) atoms. The van der Waals surface area contributed by atoms with Gasteiger partial charge >= 0.3 is 0 Å². The number of benzene rings is 2. The first-order chi connectivity index (χ1) is 11.5. The van der Waals surface area contributed by atoms with Crippen molar-refractivity contribution in [1.29, 1.82) is 0 Å². The van der Waals surface area contributed by atoms with Crippen molar-refractivity contribution in [2.24, 2.45) is 0 Å². The van der Waals surface area contributed by atoms with Crippen molar-refractivity contribution >= 4 is 17.5 Å². The molecule has 0 aromatic heterocycles. The Hall–Kier alpha value is -1.88. The van der Waals surface area contributed by atoms with Crippen molar-refractivity contribution in [3.63, 3.8) is 0 Å². The number of halogens is 1. The van der Waals surface area contributed by atoms with Gasteiger partial charge in [-0.3, -0.25) is 4.79 Å². The fourth-order valence-corrected chi connectivity index (χ4v) is 2.58. The second kappa shape index (κ2) is 8.83. The maximum atomic E-state index is 12.2. The van der Waals surface area contributed by atoms with Gasteiger partial charge in [-0.05, 0) is 35.2 Å². The summed E-state index contributed by atoms with van der Waals surface area (Å²) in [6.07, 6.45) is -0.0568. The predicted octanol–water partition coefficient (Wildman–Crippen LogP) is 3.18. The number of aliphatic hydroxyl groups excluding tert-OH is 2. The van der Waals surface area contributed by atoms with Gasteiger partial charge in [-0.2, -0.15) is 0 Å². The van der Waals surface area contributed by atoms with Crippen LogP contribution in [0.5, 0.6) is 0 Å². The van der Waals surface area contributed by atoms with E-state index in [0.29, 0.717) is 10.6 Å². The van der Waals surface area contributed by atoms with Gasteiger partial charge in [-0.25, -0.2) is 0 Å². The molecule has 2 rings (SSSR count). The molecule has 2 atom stereocenters. The summed E-state index contributed by atoms with van der Waals surface area (Å²) in [5.74, 6) is -0.323. The van der Waals surface area contributed by atoms with Crippen LogP contribution in [0.3, 0.4) is 0 Å². The van der Waals surface area contributed by atoms with Crippen LogP contribution in [0.2, 0.25) is 5.02 Å². The number of carbonyl (C=O) groups excluding carboxylic acids is 1. The lowest BCUT2D eigenvalue weighted by molar-refractivity contribution is -0.124. The number of aryl methyl sites for hydroxylation is 1. The van der Waals surface area contributed by atoms with Gasteiger partial charge in [0.15, 0.2) is 0 Å². The van der Waals surface area contributed by atoms with E-state index in [9.17, 15) is 15.0 Å². The van der Waals surface area contributed by atoms with E-state index >= 15 is 0 Å². The van der Waals surface area contributed by atoms with E-state index in [1.165, 1.54) is 5.56 Å². The lowest BCUT2D eigenvalue weighted by atomic mass is 10.0. The molecule has 2 unspecified atom stereocenters. The first kappa shape index (κ1) is 18.5. The van der Waals surface area contributed by atoms with Gasteiger partial charge in [0.05, 0.1) is 25.2 Å². The second-order valence-electron chi connectivity index (χ2n) is 5.67. The lowest BCUT2D eigenvalue weighted by Crippen LogP contribution is -2.31. The van der Waals surface area contributed by atoms with Crippen LogP contribution in [-0.4, -0.2) is 22.7 Å². The van der Waals surface area contributed by atoms with Crippen molar-refractivity contribution in [1.82, 2.24) is 5.32 Å². The van der Waals surface area contributed by atoms with Crippen molar-refractivity contribution in [2.75, 3.05) is 6.61 Å². The minimum atomic E-state index is -0.913. The highest BCUT2D eigenvalue weighted by molar-refractivity contribution is 6.30. The van der Waals surface area contributed by atoms with E-state index in [1.54, 1.807) is 24.3 Å². The van der Waals surface area contributed by atoms with Crippen molar-refractivity contribution in [3.05, 3.63) is 70.2 Å². The van der Waals surface area contributed by atoms with Crippen LogP contribution in [0.1, 0.15) is 42.2 Å². The first-order valence-electron chi connectivity index (χ1n) is 7.96. The number of amides is 1. The van der Waals surface area contributed by atoms with Crippen LogP contribution in [0.25, 0.3) is 0 Å². The molecule has 3 N–H and O–H groups in total. The smallest absolute Gasteiger partial charge is 0.223 e. The minimum absolute atomic E-state index is 0.0782. The summed E-state index contributed by atoms with van der Waals surface area (Å²) in [7, 11) is 0. The molecule has 0 spiro atoms. The third kappa shape index (κ3) is 5.06. The normalized spacial score (nSPS) is 13.3. The average Bonchev–Trinajstić information content (AvgIpc) is 2.60. The molecule has 0 bridgehead atoms. The summed E-state index contributed by atoms with van der Waals surface area (Å²) in [4.78, 5) is 12.2. The standard InChI is InChI=1S/C19H22ClNO3/c1-2-13-3-5-14(6-4-13)17(12-22)21-19(24)11-18(23)15-7-9-16(20)10-8-15/h3-10,17-18,22-23H,2,11-12H2,1H3,(H,21,24). The molecule has 0 heterocycles. The third-order valence-electron chi connectivity index (χ3n) is 3.94. The Morgan fingerprint density at radius 2 is 1.67 bits per heavy atom. The van der Waals surface area contributed by atoms with Crippen LogP contribution in [0.4, 0.5) is 0 Å². The molecular formula is C19H22ClNO3. The number of aliphatic hydroxyl groups is 2. The highest BCUT2D eigenvalue weighted by atomic mass is 35.5. The van der Waals surface area contributed by atoms with Gasteiger partial charge < -0.3 is 15.5 Å². The summed E-state index contributed by atoms with van der Waals surface area (Å²) < 4.78 is 0. The number of rotatable bonds is 7. The largest absolute Gasteiger partial charge is 0.394 e. The van der Waals surface area contributed by atoms with E-state index in [0.717, 1.165) is 12.0 Å². The van der Waals surface area contributed by atoms with Gasteiger partial charge in [0.2, 0.25) is 5.91 Å². The van der Waals surface area contributed by atoms with Gasteiger partial charge in [0.25, 0.3) is 0 Å². The molecule has 4 nitrogen and oxygen atoms in total.